The second kappa shape index (κ2) is 9.48. The molecule has 1 heterocycles. The molecule has 0 saturated carbocycles. The molecule has 0 unspecified atom stereocenters. The first kappa shape index (κ1) is 20.1. The molecule has 0 radical (unpaired) electrons. The SMILES string of the molecule is CC.Cc1cc(CNC(=O)c2ccc(-c3ccc(N)cc3)cc2)nc(C)n1. The summed E-state index contributed by atoms with van der Waals surface area (Å²) in [6.07, 6.45) is 0. The fraction of sp³-hybridized carbons (Fsp3) is 0.227. The van der Waals surface area contributed by atoms with Crippen LogP contribution in [-0.4, -0.2) is 15.9 Å². The van der Waals surface area contributed by atoms with Crippen molar-refractivity contribution in [3.8, 4) is 11.1 Å². The molecule has 3 aromatic rings. The molecule has 3 N–H and O–H groups in total. The number of nitrogen functional groups attached to an aromatic ring is 1. The normalized spacial score (nSPS) is 9.93. The molecule has 3 rings (SSSR count). The summed E-state index contributed by atoms with van der Waals surface area (Å²) < 4.78 is 0. The van der Waals surface area contributed by atoms with Gasteiger partial charge in [-0.15, -0.1) is 0 Å². The van der Waals surface area contributed by atoms with Crippen LogP contribution in [0.2, 0.25) is 0 Å². The summed E-state index contributed by atoms with van der Waals surface area (Å²) in [4.78, 5) is 20.9. The molecule has 0 aliphatic rings. The number of hydrogen-bond acceptors (Lipinski definition) is 4. The van der Waals surface area contributed by atoms with Crippen molar-refractivity contribution in [2.75, 3.05) is 5.73 Å². The standard InChI is InChI=1S/C20H20N4O.C2H6/c1-13-11-19(24-14(2)23-13)12-22-20(25)17-5-3-15(4-6-17)16-7-9-18(21)10-8-16;1-2/h3-11H,12,21H2,1-2H3,(H,22,25);1-2H3. The van der Waals surface area contributed by atoms with E-state index in [1.165, 1.54) is 0 Å². The Kier molecular flexibility index (Phi) is 7.06. The van der Waals surface area contributed by atoms with E-state index in [9.17, 15) is 4.79 Å². The molecule has 5 nitrogen and oxygen atoms in total. The largest absolute Gasteiger partial charge is 0.399 e. The minimum Gasteiger partial charge on any atom is -0.399 e. The average molecular weight is 362 g/mol. The third kappa shape index (κ3) is 5.64. The lowest BCUT2D eigenvalue weighted by molar-refractivity contribution is 0.0950. The molecule has 5 heteroatoms. The van der Waals surface area contributed by atoms with Gasteiger partial charge in [0.1, 0.15) is 5.82 Å². The van der Waals surface area contributed by atoms with Crippen LogP contribution < -0.4 is 11.1 Å². The Hall–Kier alpha value is -3.21. The maximum absolute atomic E-state index is 12.3. The molecule has 0 fully saturated rings. The summed E-state index contributed by atoms with van der Waals surface area (Å²) in [5.74, 6) is 0.579. The molecule has 0 atom stereocenters. The van der Waals surface area contributed by atoms with Crippen molar-refractivity contribution in [3.63, 3.8) is 0 Å². The van der Waals surface area contributed by atoms with Gasteiger partial charge in [-0.2, -0.15) is 0 Å². The molecular formula is C22H26N4O. The maximum Gasteiger partial charge on any atom is 0.251 e. The van der Waals surface area contributed by atoms with Gasteiger partial charge < -0.3 is 11.1 Å². The number of nitrogens with two attached hydrogens (primary N) is 1. The second-order valence-corrected chi connectivity index (χ2v) is 5.93. The van der Waals surface area contributed by atoms with Gasteiger partial charge in [-0.1, -0.05) is 38.1 Å². The van der Waals surface area contributed by atoms with Crippen LogP contribution in [0.5, 0.6) is 0 Å². The summed E-state index contributed by atoms with van der Waals surface area (Å²) in [6, 6.07) is 17.0. The van der Waals surface area contributed by atoms with Crippen LogP contribution in [0.25, 0.3) is 11.1 Å². The summed E-state index contributed by atoms with van der Waals surface area (Å²) >= 11 is 0. The van der Waals surface area contributed by atoms with E-state index in [1.807, 2.05) is 82.3 Å². The zero-order chi connectivity index (χ0) is 19.8. The van der Waals surface area contributed by atoms with Crippen LogP contribution in [0.4, 0.5) is 5.69 Å². The molecule has 0 aliphatic heterocycles. The number of benzene rings is 2. The lowest BCUT2D eigenvalue weighted by atomic mass is 10.0. The minimum atomic E-state index is -0.127. The van der Waals surface area contributed by atoms with Crippen molar-refractivity contribution in [1.29, 1.82) is 0 Å². The molecule has 0 saturated heterocycles. The van der Waals surface area contributed by atoms with E-state index >= 15 is 0 Å². The smallest absolute Gasteiger partial charge is 0.251 e. The van der Waals surface area contributed by atoms with Crippen molar-refractivity contribution in [2.24, 2.45) is 0 Å². The second-order valence-electron chi connectivity index (χ2n) is 5.93. The number of rotatable bonds is 4. The fourth-order valence-electron chi connectivity index (χ4n) is 2.65. The molecule has 1 amide bonds. The zero-order valence-electron chi connectivity index (χ0n) is 16.3. The first-order valence-corrected chi connectivity index (χ1v) is 9.06. The van der Waals surface area contributed by atoms with Crippen molar-refractivity contribution in [3.05, 3.63) is 77.4 Å². The van der Waals surface area contributed by atoms with Gasteiger partial charge in [0.05, 0.1) is 12.2 Å². The molecule has 0 spiro atoms. The van der Waals surface area contributed by atoms with Crippen LogP contribution >= 0.6 is 0 Å². The number of anilines is 1. The number of aromatic nitrogens is 2. The highest BCUT2D eigenvalue weighted by Crippen LogP contribution is 2.21. The Morgan fingerprint density at radius 3 is 2.04 bits per heavy atom. The van der Waals surface area contributed by atoms with Gasteiger partial charge in [0, 0.05) is 16.9 Å². The number of nitrogens with one attached hydrogen (secondary N) is 1. The highest BCUT2D eigenvalue weighted by Gasteiger charge is 2.07. The number of amides is 1. The minimum absolute atomic E-state index is 0.127. The molecule has 0 aliphatic carbocycles. The van der Waals surface area contributed by atoms with Crippen LogP contribution in [0, 0.1) is 13.8 Å². The van der Waals surface area contributed by atoms with Crippen LogP contribution in [0.1, 0.15) is 41.4 Å². The number of aryl methyl sites for hydroxylation is 2. The first-order chi connectivity index (χ1) is 13.0. The van der Waals surface area contributed by atoms with E-state index in [4.69, 9.17) is 5.73 Å². The highest BCUT2D eigenvalue weighted by atomic mass is 16.1. The predicted octanol–water partition coefficient (Wildman–Crippen LogP) is 4.30. The summed E-state index contributed by atoms with van der Waals surface area (Å²) in [5, 5.41) is 2.89. The summed E-state index contributed by atoms with van der Waals surface area (Å²) in [6.45, 7) is 8.13. The predicted molar refractivity (Wildman–Crippen MR) is 110 cm³/mol. The van der Waals surface area contributed by atoms with Crippen molar-refractivity contribution < 1.29 is 4.79 Å². The monoisotopic (exact) mass is 362 g/mol. The number of carbonyl (C=O) groups excluding carboxylic acids is 1. The molecule has 140 valence electrons. The van der Waals surface area contributed by atoms with E-state index < -0.39 is 0 Å². The Morgan fingerprint density at radius 2 is 1.48 bits per heavy atom. The molecular weight excluding hydrogens is 336 g/mol. The van der Waals surface area contributed by atoms with Crippen molar-refractivity contribution in [1.82, 2.24) is 15.3 Å². The van der Waals surface area contributed by atoms with E-state index in [0.717, 1.165) is 28.2 Å². The van der Waals surface area contributed by atoms with Gasteiger partial charge in [0.15, 0.2) is 0 Å². The topological polar surface area (TPSA) is 80.9 Å². The Balaban J connectivity index is 0.00000126. The van der Waals surface area contributed by atoms with E-state index in [0.29, 0.717) is 17.9 Å². The fourth-order valence-corrected chi connectivity index (χ4v) is 2.65. The van der Waals surface area contributed by atoms with Gasteiger partial charge in [0.25, 0.3) is 5.91 Å². The Bertz CT molecular complexity index is 867. The Labute approximate surface area is 160 Å². The van der Waals surface area contributed by atoms with Crippen molar-refractivity contribution in [2.45, 2.75) is 34.2 Å². The lowest BCUT2D eigenvalue weighted by Crippen LogP contribution is -2.23. The lowest BCUT2D eigenvalue weighted by Gasteiger charge is -2.07. The van der Waals surface area contributed by atoms with Gasteiger partial charge >= 0.3 is 0 Å². The first-order valence-electron chi connectivity index (χ1n) is 9.06. The van der Waals surface area contributed by atoms with Crippen LogP contribution in [0.15, 0.2) is 54.6 Å². The van der Waals surface area contributed by atoms with Gasteiger partial charge in [-0.25, -0.2) is 9.97 Å². The molecule has 0 bridgehead atoms. The van der Waals surface area contributed by atoms with Gasteiger partial charge in [-0.05, 0) is 55.3 Å². The highest BCUT2D eigenvalue weighted by molar-refractivity contribution is 5.94. The third-order valence-corrected chi connectivity index (χ3v) is 3.84. The molecule has 27 heavy (non-hydrogen) atoms. The quantitative estimate of drug-likeness (QED) is 0.678. The number of nitrogens with zero attached hydrogens (tertiary/aromatic N) is 2. The number of hydrogen-bond donors (Lipinski definition) is 2. The number of carbonyl (C=O) groups is 1. The summed E-state index contributed by atoms with van der Waals surface area (Å²) in [7, 11) is 0. The van der Waals surface area contributed by atoms with Crippen molar-refractivity contribution >= 4 is 11.6 Å². The van der Waals surface area contributed by atoms with Crippen LogP contribution in [0.3, 0.4) is 0 Å². The van der Waals surface area contributed by atoms with Gasteiger partial charge in [0.2, 0.25) is 0 Å². The average Bonchev–Trinajstić information content (AvgIpc) is 2.68. The zero-order valence-corrected chi connectivity index (χ0v) is 16.3. The van der Waals surface area contributed by atoms with E-state index in [-0.39, 0.29) is 5.91 Å². The maximum atomic E-state index is 12.3. The summed E-state index contributed by atoms with van der Waals surface area (Å²) in [5.41, 5.74) is 10.8. The van der Waals surface area contributed by atoms with E-state index in [1.54, 1.807) is 0 Å². The van der Waals surface area contributed by atoms with E-state index in [2.05, 4.69) is 15.3 Å². The third-order valence-electron chi connectivity index (χ3n) is 3.84. The van der Waals surface area contributed by atoms with Gasteiger partial charge in [-0.3, -0.25) is 4.79 Å². The molecule has 2 aromatic carbocycles. The molecule has 1 aromatic heterocycles. The Morgan fingerprint density at radius 1 is 0.926 bits per heavy atom. The van der Waals surface area contributed by atoms with Crippen LogP contribution in [-0.2, 0) is 6.54 Å².